The predicted octanol–water partition coefficient (Wildman–Crippen LogP) is 2.26. The molecule has 1 aromatic heterocycles. The monoisotopic (exact) mass is 318 g/mol. The van der Waals surface area contributed by atoms with E-state index in [4.69, 9.17) is 0 Å². The highest BCUT2D eigenvalue weighted by atomic mass is 32.1. The average molecular weight is 318 g/mol. The molecule has 1 amide bonds. The third kappa shape index (κ3) is 3.16. The number of carbonyl (C=O) groups is 1. The van der Waals surface area contributed by atoms with Crippen LogP contribution in [0.1, 0.15) is 37.8 Å². The molecule has 3 rings (SSSR count). The Hall–Kier alpha value is -1.45. The van der Waals surface area contributed by atoms with Gasteiger partial charge in [-0.05, 0) is 12.8 Å². The lowest BCUT2D eigenvalue weighted by Crippen LogP contribution is -2.53. The number of nitrogens with zero attached hydrogens (tertiary/aromatic N) is 4. The molecule has 22 heavy (non-hydrogen) atoms. The molecule has 0 radical (unpaired) electrons. The molecule has 0 aromatic carbocycles. The first-order valence-corrected chi connectivity index (χ1v) is 8.98. The quantitative estimate of drug-likeness (QED) is 0.858. The highest BCUT2D eigenvalue weighted by Gasteiger charge is 2.42. The van der Waals surface area contributed by atoms with E-state index in [1.807, 2.05) is 10.4 Å². The first kappa shape index (κ1) is 15.4. The number of carbonyl (C=O) groups excluding carboxylic acids is 1. The molecule has 2 fully saturated rings. The Bertz CT molecular complexity index is 537. The molecule has 6 heteroatoms. The Morgan fingerprint density at radius 1 is 1.27 bits per heavy atom. The summed E-state index contributed by atoms with van der Waals surface area (Å²) in [5, 5.41) is 11.6. The van der Waals surface area contributed by atoms with Gasteiger partial charge in [-0.15, -0.1) is 11.3 Å². The summed E-state index contributed by atoms with van der Waals surface area (Å²) >= 11 is 1.62. The van der Waals surface area contributed by atoms with Crippen molar-refractivity contribution in [1.82, 2.24) is 14.8 Å². The van der Waals surface area contributed by atoms with Crippen LogP contribution in [0.5, 0.6) is 0 Å². The first-order valence-electron chi connectivity index (χ1n) is 8.04. The van der Waals surface area contributed by atoms with Crippen LogP contribution in [-0.2, 0) is 11.3 Å². The second kappa shape index (κ2) is 6.76. The van der Waals surface area contributed by atoms with Crippen molar-refractivity contribution < 1.29 is 4.79 Å². The summed E-state index contributed by atoms with van der Waals surface area (Å²) in [4.78, 5) is 21.4. The molecule has 5 nitrogen and oxygen atoms in total. The zero-order valence-electron chi connectivity index (χ0n) is 12.8. The first-order chi connectivity index (χ1) is 10.7. The Labute approximate surface area is 135 Å². The number of nitriles is 1. The highest BCUT2D eigenvalue weighted by Crippen LogP contribution is 2.37. The van der Waals surface area contributed by atoms with Gasteiger partial charge in [0.25, 0.3) is 0 Å². The van der Waals surface area contributed by atoms with Crippen LogP contribution in [0, 0.1) is 16.7 Å². The minimum atomic E-state index is -0.741. The van der Waals surface area contributed by atoms with Crippen molar-refractivity contribution in [3.8, 4) is 6.07 Å². The van der Waals surface area contributed by atoms with Crippen molar-refractivity contribution in [3.63, 3.8) is 0 Å². The van der Waals surface area contributed by atoms with E-state index >= 15 is 0 Å². The Kier molecular flexibility index (Phi) is 4.74. The van der Waals surface area contributed by atoms with Crippen LogP contribution in [-0.4, -0.2) is 46.9 Å². The van der Waals surface area contributed by atoms with Gasteiger partial charge in [-0.25, -0.2) is 4.98 Å². The number of piperazine rings is 1. The van der Waals surface area contributed by atoms with Crippen LogP contribution >= 0.6 is 11.3 Å². The van der Waals surface area contributed by atoms with Gasteiger partial charge in [-0.1, -0.05) is 19.3 Å². The minimum Gasteiger partial charge on any atom is -0.339 e. The zero-order chi connectivity index (χ0) is 15.4. The van der Waals surface area contributed by atoms with Gasteiger partial charge in [-0.3, -0.25) is 9.69 Å². The van der Waals surface area contributed by atoms with E-state index in [1.54, 1.807) is 11.3 Å². The molecule has 1 aliphatic carbocycles. The molecule has 0 N–H and O–H groups in total. The maximum absolute atomic E-state index is 12.8. The molecular weight excluding hydrogens is 296 g/mol. The van der Waals surface area contributed by atoms with Crippen LogP contribution in [0.2, 0.25) is 0 Å². The summed E-state index contributed by atoms with van der Waals surface area (Å²) in [7, 11) is 0. The standard InChI is InChI=1S/C16H22N4OS/c17-12-16(4-2-1-3-5-16)15(21)20-8-6-19(7-9-20)10-14-11-22-13-18-14/h11,13H,1-10H2. The van der Waals surface area contributed by atoms with Crippen molar-refractivity contribution in [3.05, 3.63) is 16.6 Å². The van der Waals surface area contributed by atoms with E-state index in [0.717, 1.165) is 70.5 Å². The van der Waals surface area contributed by atoms with Gasteiger partial charge >= 0.3 is 0 Å². The van der Waals surface area contributed by atoms with E-state index in [-0.39, 0.29) is 5.91 Å². The number of aromatic nitrogens is 1. The van der Waals surface area contributed by atoms with Crippen molar-refractivity contribution in [2.45, 2.75) is 38.6 Å². The van der Waals surface area contributed by atoms with Crippen molar-refractivity contribution in [1.29, 1.82) is 5.26 Å². The van der Waals surface area contributed by atoms with Gasteiger partial charge in [0.2, 0.25) is 5.91 Å². The smallest absolute Gasteiger partial charge is 0.243 e. The summed E-state index contributed by atoms with van der Waals surface area (Å²) in [5.41, 5.74) is 2.22. The van der Waals surface area contributed by atoms with E-state index in [1.165, 1.54) is 0 Å². The molecule has 2 aliphatic rings. The van der Waals surface area contributed by atoms with Crippen LogP contribution in [0.3, 0.4) is 0 Å². The van der Waals surface area contributed by atoms with Gasteiger partial charge in [0, 0.05) is 38.1 Å². The van der Waals surface area contributed by atoms with E-state index < -0.39 is 5.41 Å². The lowest BCUT2D eigenvalue weighted by molar-refractivity contribution is -0.142. The minimum absolute atomic E-state index is 0.0722. The number of rotatable bonds is 3. The molecular formula is C16H22N4OS. The average Bonchev–Trinajstić information content (AvgIpc) is 3.08. The third-order valence-electron chi connectivity index (χ3n) is 4.86. The van der Waals surface area contributed by atoms with Crippen LogP contribution in [0.4, 0.5) is 0 Å². The second-order valence-corrected chi connectivity index (χ2v) is 7.02. The van der Waals surface area contributed by atoms with E-state index in [2.05, 4.69) is 21.3 Å². The summed E-state index contributed by atoms with van der Waals surface area (Å²) in [6.07, 6.45) is 4.63. The Morgan fingerprint density at radius 2 is 2.00 bits per heavy atom. The van der Waals surface area contributed by atoms with Crippen LogP contribution < -0.4 is 0 Å². The predicted molar refractivity (Wildman–Crippen MR) is 85.1 cm³/mol. The highest BCUT2D eigenvalue weighted by molar-refractivity contribution is 7.07. The second-order valence-electron chi connectivity index (χ2n) is 6.30. The van der Waals surface area contributed by atoms with Gasteiger partial charge in [0.15, 0.2) is 0 Å². The van der Waals surface area contributed by atoms with E-state index in [0.29, 0.717) is 0 Å². The van der Waals surface area contributed by atoms with Crippen molar-refractivity contribution in [2.24, 2.45) is 5.41 Å². The summed E-state index contributed by atoms with van der Waals surface area (Å²) in [6, 6.07) is 2.35. The molecule has 2 heterocycles. The topological polar surface area (TPSA) is 60.2 Å². The molecule has 1 saturated carbocycles. The summed E-state index contributed by atoms with van der Waals surface area (Å²) in [6.45, 7) is 4.04. The molecule has 1 aromatic rings. The summed E-state index contributed by atoms with van der Waals surface area (Å²) < 4.78 is 0. The SMILES string of the molecule is N#CC1(C(=O)N2CCN(Cc3cscn3)CC2)CCCCC1. The van der Waals surface area contributed by atoms with Crippen LogP contribution in [0.25, 0.3) is 0 Å². The van der Waals surface area contributed by atoms with Crippen molar-refractivity contribution in [2.75, 3.05) is 26.2 Å². The van der Waals surface area contributed by atoms with Crippen molar-refractivity contribution >= 4 is 17.2 Å². The zero-order valence-corrected chi connectivity index (χ0v) is 13.6. The lowest BCUT2D eigenvalue weighted by Gasteiger charge is -2.39. The molecule has 0 spiro atoms. The molecule has 118 valence electrons. The normalized spacial score (nSPS) is 22.2. The van der Waals surface area contributed by atoms with Crippen LogP contribution in [0.15, 0.2) is 10.9 Å². The number of amides is 1. The maximum Gasteiger partial charge on any atom is 0.243 e. The van der Waals surface area contributed by atoms with E-state index in [9.17, 15) is 10.1 Å². The maximum atomic E-state index is 12.8. The van der Waals surface area contributed by atoms with Gasteiger partial charge < -0.3 is 4.90 Å². The van der Waals surface area contributed by atoms with Gasteiger partial charge in [0.1, 0.15) is 5.41 Å². The molecule has 0 bridgehead atoms. The largest absolute Gasteiger partial charge is 0.339 e. The number of hydrogen-bond donors (Lipinski definition) is 0. The van der Waals surface area contributed by atoms with Gasteiger partial charge in [0.05, 0.1) is 17.3 Å². The Balaban J connectivity index is 1.56. The lowest BCUT2D eigenvalue weighted by atomic mass is 9.74. The van der Waals surface area contributed by atoms with Gasteiger partial charge in [-0.2, -0.15) is 5.26 Å². The number of thiazole rings is 1. The fourth-order valence-corrected chi connectivity index (χ4v) is 4.03. The molecule has 1 saturated heterocycles. The molecule has 1 aliphatic heterocycles. The Morgan fingerprint density at radius 3 is 2.59 bits per heavy atom. The molecule has 0 atom stereocenters. The third-order valence-corrected chi connectivity index (χ3v) is 5.49. The fourth-order valence-electron chi connectivity index (χ4n) is 3.49. The fraction of sp³-hybridized carbons (Fsp3) is 0.688. The molecule has 0 unspecified atom stereocenters. The number of hydrogen-bond acceptors (Lipinski definition) is 5. The summed E-state index contributed by atoms with van der Waals surface area (Å²) in [5.74, 6) is 0.0722.